The minimum Gasteiger partial charge on any atom is -0.431 e. The van der Waals surface area contributed by atoms with Gasteiger partial charge in [-0.1, -0.05) is 22.9 Å². The molecule has 1 saturated carbocycles. The van der Waals surface area contributed by atoms with Crippen LogP contribution >= 0.6 is 34.5 Å². The van der Waals surface area contributed by atoms with Gasteiger partial charge in [0.2, 0.25) is 0 Å². The second-order valence-corrected chi connectivity index (χ2v) is 9.70. The molecule has 4 rings (SSSR count). The Labute approximate surface area is 174 Å². The SMILES string of the molecule is Cc1cc(Oc2nc(C3(Cl)CC3)c(Cl)s2)c(C)cc1N=CN1CCCCC1. The number of rotatable bonds is 5. The van der Waals surface area contributed by atoms with E-state index < -0.39 is 0 Å². The van der Waals surface area contributed by atoms with Gasteiger partial charge in [0.05, 0.1) is 22.6 Å². The highest BCUT2D eigenvalue weighted by atomic mass is 35.5. The lowest BCUT2D eigenvalue weighted by Crippen LogP contribution is -2.28. The lowest BCUT2D eigenvalue weighted by atomic mass is 10.1. The van der Waals surface area contributed by atoms with Crippen molar-refractivity contribution in [1.82, 2.24) is 9.88 Å². The van der Waals surface area contributed by atoms with Crippen LogP contribution in [0.25, 0.3) is 0 Å². The van der Waals surface area contributed by atoms with Crippen molar-refractivity contribution in [2.75, 3.05) is 13.1 Å². The number of hydrogen-bond donors (Lipinski definition) is 0. The van der Waals surface area contributed by atoms with E-state index in [1.54, 1.807) is 0 Å². The largest absolute Gasteiger partial charge is 0.431 e. The van der Waals surface area contributed by atoms with Gasteiger partial charge >= 0.3 is 0 Å². The summed E-state index contributed by atoms with van der Waals surface area (Å²) in [5.41, 5.74) is 3.82. The van der Waals surface area contributed by atoms with Crippen LogP contribution in [-0.2, 0) is 4.87 Å². The quantitative estimate of drug-likeness (QED) is 0.309. The van der Waals surface area contributed by atoms with Crippen molar-refractivity contribution < 1.29 is 4.74 Å². The molecule has 1 aliphatic carbocycles. The first-order valence-electron chi connectivity index (χ1n) is 9.38. The number of aryl methyl sites for hydroxylation is 2. The number of benzene rings is 1. The van der Waals surface area contributed by atoms with Crippen LogP contribution in [0.1, 0.15) is 48.9 Å². The Bertz CT molecular complexity index is 870. The molecule has 0 atom stereocenters. The summed E-state index contributed by atoms with van der Waals surface area (Å²) >= 11 is 14.1. The zero-order valence-corrected chi connectivity index (χ0v) is 17.9. The lowest BCUT2D eigenvalue weighted by molar-refractivity contribution is 0.351. The summed E-state index contributed by atoms with van der Waals surface area (Å²) in [5.74, 6) is 0.779. The van der Waals surface area contributed by atoms with Gasteiger partial charge in [0.1, 0.15) is 10.1 Å². The molecule has 0 bridgehead atoms. The van der Waals surface area contributed by atoms with Crippen LogP contribution in [0.2, 0.25) is 4.34 Å². The van der Waals surface area contributed by atoms with Crippen LogP contribution in [0, 0.1) is 13.8 Å². The molecule has 2 aromatic rings. The van der Waals surface area contributed by atoms with Gasteiger partial charge in [-0.2, -0.15) is 0 Å². The molecule has 1 aliphatic heterocycles. The Balaban J connectivity index is 1.51. The number of aromatic nitrogens is 1. The van der Waals surface area contributed by atoms with E-state index in [1.807, 2.05) is 26.3 Å². The molecule has 144 valence electrons. The number of hydrogen-bond acceptors (Lipinski definition) is 4. The zero-order chi connectivity index (χ0) is 19.0. The van der Waals surface area contributed by atoms with Crippen LogP contribution in [0.5, 0.6) is 10.9 Å². The van der Waals surface area contributed by atoms with Gasteiger partial charge in [-0.25, -0.2) is 9.98 Å². The summed E-state index contributed by atoms with van der Waals surface area (Å²) in [6, 6.07) is 4.08. The van der Waals surface area contributed by atoms with Crippen LogP contribution < -0.4 is 4.74 Å². The molecule has 7 heteroatoms. The average molecular weight is 424 g/mol. The third kappa shape index (κ3) is 4.25. The van der Waals surface area contributed by atoms with Crippen molar-refractivity contribution in [3.05, 3.63) is 33.3 Å². The molecule has 0 radical (unpaired) electrons. The lowest BCUT2D eigenvalue weighted by Gasteiger charge is -2.23. The molecule has 2 fully saturated rings. The molecular formula is C20H23Cl2N3OS. The van der Waals surface area contributed by atoms with Crippen LogP contribution in [0.15, 0.2) is 17.1 Å². The molecule has 1 saturated heterocycles. The van der Waals surface area contributed by atoms with E-state index in [0.29, 0.717) is 9.53 Å². The standard InChI is InChI=1S/C20H23Cl2N3OS/c1-13-11-16(26-19-24-17(18(21)27-19)20(22)6-7-20)14(2)10-15(13)23-12-25-8-4-3-5-9-25/h10-12H,3-9H2,1-2H3. The molecular weight excluding hydrogens is 401 g/mol. The van der Waals surface area contributed by atoms with Gasteiger partial charge in [-0.05, 0) is 69.2 Å². The van der Waals surface area contributed by atoms with E-state index in [4.69, 9.17) is 32.9 Å². The molecule has 4 nitrogen and oxygen atoms in total. The topological polar surface area (TPSA) is 37.7 Å². The number of halogens is 2. The van der Waals surface area contributed by atoms with Gasteiger partial charge in [-0.3, -0.25) is 0 Å². The number of piperidine rings is 1. The number of alkyl halides is 1. The van der Waals surface area contributed by atoms with E-state index in [2.05, 4.69) is 16.0 Å². The van der Waals surface area contributed by atoms with Crippen molar-refractivity contribution in [3.63, 3.8) is 0 Å². The molecule has 0 amide bonds. The smallest absolute Gasteiger partial charge is 0.280 e. The summed E-state index contributed by atoms with van der Waals surface area (Å²) in [7, 11) is 0. The summed E-state index contributed by atoms with van der Waals surface area (Å²) in [4.78, 5) is 11.1. The maximum absolute atomic E-state index is 6.45. The Kier molecular flexibility index (Phi) is 5.36. The summed E-state index contributed by atoms with van der Waals surface area (Å²) in [6.45, 7) is 6.26. The van der Waals surface area contributed by atoms with Gasteiger partial charge < -0.3 is 9.64 Å². The first kappa shape index (κ1) is 19.0. The van der Waals surface area contributed by atoms with E-state index in [0.717, 1.165) is 54.2 Å². The first-order chi connectivity index (χ1) is 12.9. The van der Waals surface area contributed by atoms with Crippen molar-refractivity contribution in [2.24, 2.45) is 4.99 Å². The van der Waals surface area contributed by atoms with Crippen molar-refractivity contribution in [1.29, 1.82) is 0 Å². The second-order valence-electron chi connectivity index (χ2n) is 7.41. The molecule has 27 heavy (non-hydrogen) atoms. The second kappa shape index (κ2) is 7.61. The van der Waals surface area contributed by atoms with Gasteiger partial charge in [-0.15, -0.1) is 11.6 Å². The van der Waals surface area contributed by atoms with Gasteiger partial charge in [0, 0.05) is 13.1 Å². The maximum Gasteiger partial charge on any atom is 0.280 e. The highest BCUT2D eigenvalue weighted by molar-refractivity contribution is 7.17. The van der Waals surface area contributed by atoms with E-state index >= 15 is 0 Å². The average Bonchev–Trinajstić information content (AvgIpc) is 3.28. The molecule has 0 spiro atoms. The van der Waals surface area contributed by atoms with Gasteiger partial charge in [0.25, 0.3) is 5.19 Å². The van der Waals surface area contributed by atoms with Gasteiger partial charge in [0.15, 0.2) is 0 Å². The van der Waals surface area contributed by atoms with Crippen molar-refractivity contribution in [2.45, 2.75) is 50.8 Å². The maximum atomic E-state index is 6.45. The fourth-order valence-corrected chi connectivity index (χ4v) is 4.76. The van der Waals surface area contributed by atoms with E-state index in [1.165, 1.54) is 30.6 Å². The third-order valence-electron chi connectivity index (χ3n) is 5.12. The molecule has 1 aromatic carbocycles. The highest BCUT2D eigenvalue weighted by Gasteiger charge is 2.46. The summed E-state index contributed by atoms with van der Waals surface area (Å²) in [5, 5.41) is 0.536. The number of aliphatic imine (C=N–C) groups is 1. The number of nitrogens with zero attached hydrogens (tertiary/aromatic N) is 3. The number of ether oxygens (including phenoxy) is 1. The number of likely N-dealkylation sites (tertiary alicyclic amines) is 1. The fourth-order valence-electron chi connectivity index (χ4n) is 3.24. The minimum absolute atomic E-state index is 0.382. The third-order valence-corrected chi connectivity index (χ3v) is 6.81. The fraction of sp³-hybridized carbons (Fsp3) is 0.500. The molecule has 0 unspecified atom stereocenters. The molecule has 2 heterocycles. The summed E-state index contributed by atoms with van der Waals surface area (Å²) < 4.78 is 6.65. The normalized spacial score (nSPS) is 18.9. The summed E-state index contributed by atoms with van der Waals surface area (Å²) in [6.07, 6.45) is 7.63. The predicted molar refractivity (Wildman–Crippen MR) is 113 cm³/mol. The Morgan fingerprint density at radius 3 is 2.63 bits per heavy atom. The van der Waals surface area contributed by atoms with Crippen molar-refractivity contribution >= 4 is 46.6 Å². The highest BCUT2D eigenvalue weighted by Crippen LogP contribution is 2.55. The predicted octanol–water partition coefficient (Wildman–Crippen LogP) is 6.58. The zero-order valence-electron chi connectivity index (χ0n) is 15.6. The van der Waals surface area contributed by atoms with Crippen LogP contribution in [0.4, 0.5) is 5.69 Å². The Morgan fingerprint density at radius 2 is 1.93 bits per heavy atom. The van der Waals surface area contributed by atoms with Crippen molar-refractivity contribution in [3.8, 4) is 10.9 Å². The van der Waals surface area contributed by atoms with E-state index in [9.17, 15) is 0 Å². The number of thiazole rings is 1. The first-order valence-corrected chi connectivity index (χ1v) is 10.9. The minimum atomic E-state index is -0.382. The monoisotopic (exact) mass is 423 g/mol. The molecule has 2 aliphatic rings. The van der Waals surface area contributed by atoms with Crippen LogP contribution in [0.3, 0.4) is 0 Å². The Hall–Kier alpha value is -1.30. The van der Waals surface area contributed by atoms with Crippen LogP contribution in [-0.4, -0.2) is 29.3 Å². The molecule has 1 aromatic heterocycles. The van der Waals surface area contributed by atoms with E-state index in [-0.39, 0.29) is 4.87 Å². The Morgan fingerprint density at radius 1 is 1.19 bits per heavy atom. The molecule has 0 N–H and O–H groups in total.